The summed E-state index contributed by atoms with van der Waals surface area (Å²) in [5.74, 6) is 0. The summed E-state index contributed by atoms with van der Waals surface area (Å²) in [6.07, 6.45) is 0. The zero-order valence-corrected chi connectivity index (χ0v) is 43.6. The van der Waals surface area contributed by atoms with Crippen LogP contribution in [-0.4, -0.2) is 14.1 Å². The first-order valence-electron chi connectivity index (χ1n) is 27.2. The predicted molar refractivity (Wildman–Crippen MR) is 328 cm³/mol. The van der Waals surface area contributed by atoms with E-state index in [1.807, 2.05) is 0 Å². The molecule has 13 aromatic rings. The Bertz CT molecular complexity index is 4140. The van der Waals surface area contributed by atoms with Crippen molar-refractivity contribution < 1.29 is 0 Å². The summed E-state index contributed by atoms with van der Waals surface area (Å²) in [4.78, 5) is 4.83. The smallest absolute Gasteiger partial charge is 0.0748 e. The molecule has 0 atom stereocenters. The van der Waals surface area contributed by atoms with Crippen molar-refractivity contribution in [3.63, 3.8) is 0 Å². The first-order valence-corrected chi connectivity index (χ1v) is 27.2. The van der Waals surface area contributed by atoms with Crippen molar-refractivity contribution >= 4 is 55.1 Å². The lowest BCUT2D eigenvalue weighted by Crippen LogP contribution is -2.38. The van der Waals surface area contributed by atoms with Gasteiger partial charge in [0, 0.05) is 48.0 Å². The van der Waals surface area contributed by atoms with Crippen LogP contribution >= 0.6 is 0 Å². The zero-order chi connectivity index (χ0) is 52.0. The molecule has 78 heavy (non-hydrogen) atoms. The highest BCUT2D eigenvalue weighted by Gasteiger charge is 2.49. The summed E-state index contributed by atoms with van der Waals surface area (Å²) in [7, 11) is 4.48. The highest BCUT2D eigenvalue weighted by molar-refractivity contribution is 6.22. The van der Waals surface area contributed by atoms with Gasteiger partial charge < -0.3 is 9.80 Å². The first kappa shape index (κ1) is 45.6. The Balaban J connectivity index is 1.10. The first-order chi connectivity index (χ1) is 38.6. The fourth-order valence-corrected chi connectivity index (χ4v) is 14.2. The summed E-state index contributed by atoms with van der Waals surface area (Å²) in [5.41, 5.74) is 20.7. The SMILES string of the molecule is CN1c2ccccc2C(c2ccccc2)(c2ccccc2)c2c(-c3cccc4c(-c5cccc6ccccc56)c5cccc(-c6cccc7c6C(c6ccccc6)(c6ccccc6)c6ccccc6N7C)c5cc34)cccc21. The normalized spacial score (nSPS) is 13.9. The number of benzene rings is 13. The lowest BCUT2D eigenvalue weighted by molar-refractivity contribution is 0.729. The van der Waals surface area contributed by atoms with Gasteiger partial charge in [0.25, 0.3) is 0 Å². The summed E-state index contributed by atoms with van der Waals surface area (Å²) in [5, 5.41) is 7.29. The van der Waals surface area contributed by atoms with E-state index in [-0.39, 0.29) is 0 Å². The summed E-state index contributed by atoms with van der Waals surface area (Å²) in [6.45, 7) is 0. The Morgan fingerprint density at radius 1 is 0.244 bits per heavy atom. The van der Waals surface area contributed by atoms with E-state index < -0.39 is 10.8 Å². The van der Waals surface area contributed by atoms with Crippen molar-refractivity contribution in [2.75, 3.05) is 23.9 Å². The number of anilines is 4. The van der Waals surface area contributed by atoms with Crippen LogP contribution in [0.3, 0.4) is 0 Å². The van der Waals surface area contributed by atoms with E-state index in [4.69, 9.17) is 0 Å². The Labute approximate surface area is 456 Å². The van der Waals surface area contributed by atoms with Gasteiger partial charge in [-0.2, -0.15) is 0 Å². The van der Waals surface area contributed by atoms with Gasteiger partial charge in [-0.15, -0.1) is 0 Å². The van der Waals surface area contributed by atoms with Gasteiger partial charge in [-0.05, 0) is 129 Å². The van der Waals surface area contributed by atoms with Crippen molar-refractivity contribution in [2.24, 2.45) is 0 Å². The van der Waals surface area contributed by atoms with Gasteiger partial charge in [0.1, 0.15) is 0 Å². The number of hydrogen-bond donors (Lipinski definition) is 0. The molecule has 0 aromatic heterocycles. The van der Waals surface area contributed by atoms with Crippen LogP contribution < -0.4 is 9.80 Å². The van der Waals surface area contributed by atoms with E-state index in [0.717, 1.165) is 0 Å². The number of para-hydroxylation sites is 2. The molecule has 0 spiro atoms. The number of fused-ring (bicyclic) bond motifs is 7. The summed E-state index contributed by atoms with van der Waals surface area (Å²) >= 11 is 0. The Morgan fingerprint density at radius 2 is 0.564 bits per heavy atom. The third-order valence-corrected chi connectivity index (χ3v) is 17.4. The van der Waals surface area contributed by atoms with E-state index in [1.165, 1.54) is 133 Å². The third kappa shape index (κ3) is 6.44. The molecule has 2 aliphatic rings. The van der Waals surface area contributed by atoms with Gasteiger partial charge in [-0.25, -0.2) is 0 Å². The predicted octanol–water partition coefficient (Wildman–Crippen LogP) is 19.1. The average Bonchev–Trinajstić information content (AvgIpc) is 3.48. The van der Waals surface area contributed by atoms with Crippen LogP contribution in [-0.2, 0) is 10.8 Å². The highest BCUT2D eigenvalue weighted by atomic mass is 15.1. The minimum atomic E-state index is -0.663. The minimum Gasteiger partial charge on any atom is -0.344 e. The van der Waals surface area contributed by atoms with Gasteiger partial charge in [-0.3, -0.25) is 0 Å². The van der Waals surface area contributed by atoms with Crippen LogP contribution in [0.25, 0.3) is 65.7 Å². The van der Waals surface area contributed by atoms with Gasteiger partial charge in [-0.1, -0.05) is 261 Å². The van der Waals surface area contributed by atoms with Crippen LogP contribution in [0.4, 0.5) is 22.7 Å². The molecule has 2 heteroatoms. The van der Waals surface area contributed by atoms with Crippen molar-refractivity contribution in [1.82, 2.24) is 0 Å². The van der Waals surface area contributed by atoms with E-state index in [1.54, 1.807) is 0 Å². The topological polar surface area (TPSA) is 6.48 Å². The molecule has 368 valence electrons. The van der Waals surface area contributed by atoms with E-state index >= 15 is 0 Å². The molecule has 0 unspecified atom stereocenters. The Morgan fingerprint density at radius 3 is 1.03 bits per heavy atom. The monoisotopic (exact) mass is 994 g/mol. The summed E-state index contributed by atoms with van der Waals surface area (Å²) in [6, 6.07) is 109. The zero-order valence-electron chi connectivity index (χ0n) is 43.6. The molecule has 2 aliphatic heterocycles. The molecule has 2 nitrogen and oxygen atoms in total. The quantitative estimate of drug-likeness (QED) is 0.147. The van der Waals surface area contributed by atoms with Gasteiger partial charge in [0.15, 0.2) is 0 Å². The van der Waals surface area contributed by atoms with E-state index in [2.05, 4.69) is 315 Å². The molecule has 13 aromatic carbocycles. The molecule has 0 bridgehead atoms. The molecule has 0 amide bonds. The second kappa shape index (κ2) is 17.9. The molecule has 0 radical (unpaired) electrons. The molecule has 0 saturated carbocycles. The maximum atomic E-state index is 2.54. The largest absolute Gasteiger partial charge is 0.344 e. The van der Waals surface area contributed by atoms with Crippen LogP contribution in [0, 0.1) is 0 Å². The molecule has 0 saturated heterocycles. The molecular weight excluding hydrogens is 941 g/mol. The van der Waals surface area contributed by atoms with Crippen molar-refractivity contribution in [2.45, 2.75) is 10.8 Å². The molecule has 0 aliphatic carbocycles. The van der Waals surface area contributed by atoms with E-state index in [9.17, 15) is 0 Å². The maximum absolute atomic E-state index is 2.54. The van der Waals surface area contributed by atoms with Crippen molar-refractivity contribution in [1.29, 1.82) is 0 Å². The summed E-state index contributed by atoms with van der Waals surface area (Å²) < 4.78 is 0. The molecule has 15 rings (SSSR count). The van der Waals surface area contributed by atoms with Crippen molar-refractivity contribution in [3.8, 4) is 33.4 Å². The van der Waals surface area contributed by atoms with Crippen LogP contribution in [0.5, 0.6) is 0 Å². The Hall–Kier alpha value is -9.76. The molecular formula is C76H54N2. The standard InChI is InChI=1S/C76H54N2/c1-77-68-46-19-17-44-66(68)75(52-28-7-3-8-29-52,53-30-9-4-10-31-53)73-62(42-24-48-70(73)77)57-37-22-40-60-64(57)50-65-58(38-23-41-61(65)72(60)59-39-21-27-51-26-15-16-36-56(51)59)63-43-25-49-71-74(63)76(54-32-11-5-12-33-54,55-34-13-6-14-35-55)67-45-18-20-47-69(67)78(71)2/h3-50H,1-2H3. The molecule has 2 heterocycles. The molecule has 0 N–H and O–H groups in total. The molecule has 0 fully saturated rings. The number of nitrogens with zero attached hydrogens (tertiary/aromatic N) is 2. The fourth-order valence-electron chi connectivity index (χ4n) is 14.2. The van der Waals surface area contributed by atoms with Crippen LogP contribution in [0.1, 0.15) is 44.5 Å². The Kier molecular flexibility index (Phi) is 10.5. The van der Waals surface area contributed by atoms with Gasteiger partial charge in [0.2, 0.25) is 0 Å². The second-order valence-corrected chi connectivity index (χ2v) is 21.1. The second-order valence-electron chi connectivity index (χ2n) is 21.1. The third-order valence-electron chi connectivity index (χ3n) is 17.4. The average molecular weight is 995 g/mol. The fraction of sp³-hybridized carbons (Fsp3) is 0.0526. The van der Waals surface area contributed by atoms with Gasteiger partial charge in [0.05, 0.1) is 10.8 Å². The minimum absolute atomic E-state index is 0.663. The lowest BCUT2D eigenvalue weighted by Gasteiger charge is -2.46. The van der Waals surface area contributed by atoms with Crippen LogP contribution in [0.15, 0.2) is 291 Å². The maximum Gasteiger partial charge on any atom is 0.0748 e. The number of rotatable bonds is 7. The highest BCUT2D eigenvalue weighted by Crippen LogP contribution is 2.61. The number of hydrogen-bond acceptors (Lipinski definition) is 2. The lowest BCUT2D eigenvalue weighted by atomic mass is 9.60. The van der Waals surface area contributed by atoms with E-state index in [0.29, 0.717) is 0 Å². The van der Waals surface area contributed by atoms with Crippen LogP contribution in [0.2, 0.25) is 0 Å². The van der Waals surface area contributed by atoms with Gasteiger partial charge >= 0.3 is 0 Å². The van der Waals surface area contributed by atoms with Crippen molar-refractivity contribution in [3.05, 3.63) is 336 Å².